The van der Waals surface area contributed by atoms with Crippen LogP contribution in [0.1, 0.15) is 13.8 Å². The van der Waals surface area contributed by atoms with E-state index in [1.54, 1.807) is 13.8 Å². The number of nitrogens with two attached hydrogens (primary N) is 1. The first-order valence-electron chi connectivity index (χ1n) is 2.78. The summed E-state index contributed by atoms with van der Waals surface area (Å²) in [6, 6.07) is 0. The Labute approximate surface area is 54.0 Å². The summed E-state index contributed by atoms with van der Waals surface area (Å²) in [6.45, 7) is 3.47. The van der Waals surface area contributed by atoms with Crippen molar-refractivity contribution in [3.8, 4) is 0 Å². The molecule has 0 rings (SSSR count). The van der Waals surface area contributed by atoms with Crippen LogP contribution in [0.25, 0.3) is 0 Å². The SMILES string of the molecule is CC(C)C(O)C(=O)NN. The molecule has 0 aromatic heterocycles. The summed E-state index contributed by atoms with van der Waals surface area (Å²) in [7, 11) is 0. The molecule has 1 unspecified atom stereocenters. The zero-order valence-electron chi connectivity index (χ0n) is 5.59. The van der Waals surface area contributed by atoms with Gasteiger partial charge in [-0.2, -0.15) is 0 Å². The molecule has 54 valence electrons. The predicted octanol–water partition coefficient (Wildman–Crippen LogP) is -1.01. The quantitative estimate of drug-likeness (QED) is 0.256. The van der Waals surface area contributed by atoms with E-state index in [4.69, 9.17) is 10.9 Å². The van der Waals surface area contributed by atoms with Crippen LogP contribution in [0.4, 0.5) is 0 Å². The van der Waals surface area contributed by atoms with Crippen molar-refractivity contribution in [3.05, 3.63) is 0 Å². The minimum Gasteiger partial charge on any atom is -0.383 e. The van der Waals surface area contributed by atoms with Crippen molar-refractivity contribution in [2.24, 2.45) is 11.8 Å². The number of hydrogen-bond acceptors (Lipinski definition) is 3. The second-order valence-electron chi connectivity index (χ2n) is 2.20. The van der Waals surface area contributed by atoms with Crippen LogP contribution in [0, 0.1) is 5.92 Å². The molecule has 1 atom stereocenters. The molecular formula is C5H12N2O2. The minimum absolute atomic E-state index is 0.0893. The van der Waals surface area contributed by atoms with Crippen molar-refractivity contribution in [1.29, 1.82) is 0 Å². The molecule has 4 N–H and O–H groups in total. The van der Waals surface area contributed by atoms with E-state index in [9.17, 15) is 4.79 Å². The maximum Gasteiger partial charge on any atom is 0.262 e. The van der Waals surface area contributed by atoms with Crippen molar-refractivity contribution in [1.82, 2.24) is 5.43 Å². The number of carbonyl (C=O) groups is 1. The number of rotatable bonds is 2. The van der Waals surface area contributed by atoms with Crippen LogP contribution >= 0.6 is 0 Å². The molecule has 1 amide bonds. The van der Waals surface area contributed by atoms with E-state index in [2.05, 4.69) is 0 Å². The fraction of sp³-hybridized carbons (Fsp3) is 0.800. The number of hydrazine groups is 1. The molecule has 0 aliphatic heterocycles. The van der Waals surface area contributed by atoms with E-state index in [-0.39, 0.29) is 5.92 Å². The average molecular weight is 132 g/mol. The highest BCUT2D eigenvalue weighted by Gasteiger charge is 2.16. The average Bonchev–Trinajstić information content (AvgIpc) is 1.84. The zero-order chi connectivity index (χ0) is 7.44. The molecule has 0 aliphatic rings. The van der Waals surface area contributed by atoms with Gasteiger partial charge in [-0.25, -0.2) is 5.84 Å². The first-order chi connectivity index (χ1) is 4.09. The first-order valence-corrected chi connectivity index (χ1v) is 2.78. The van der Waals surface area contributed by atoms with Crippen LogP contribution in [-0.2, 0) is 4.79 Å². The van der Waals surface area contributed by atoms with Crippen LogP contribution in [-0.4, -0.2) is 17.1 Å². The van der Waals surface area contributed by atoms with Crippen LogP contribution in [0.5, 0.6) is 0 Å². The van der Waals surface area contributed by atoms with E-state index in [1.807, 2.05) is 5.43 Å². The summed E-state index contributed by atoms with van der Waals surface area (Å²) in [5.74, 6) is 4.12. The topological polar surface area (TPSA) is 75.3 Å². The van der Waals surface area contributed by atoms with Gasteiger partial charge in [-0.15, -0.1) is 0 Å². The van der Waals surface area contributed by atoms with E-state index in [1.165, 1.54) is 0 Å². The highest BCUT2D eigenvalue weighted by molar-refractivity contribution is 5.79. The van der Waals surface area contributed by atoms with E-state index in [0.717, 1.165) is 0 Å². The summed E-state index contributed by atoms with van der Waals surface area (Å²) < 4.78 is 0. The summed E-state index contributed by atoms with van der Waals surface area (Å²) in [6.07, 6.45) is -0.991. The second-order valence-corrected chi connectivity index (χ2v) is 2.20. The molecule has 0 aromatic rings. The van der Waals surface area contributed by atoms with E-state index >= 15 is 0 Å². The first kappa shape index (κ1) is 8.39. The Hall–Kier alpha value is -0.610. The largest absolute Gasteiger partial charge is 0.383 e. The van der Waals surface area contributed by atoms with Gasteiger partial charge in [0.2, 0.25) is 0 Å². The van der Waals surface area contributed by atoms with E-state index in [0.29, 0.717) is 0 Å². The van der Waals surface area contributed by atoms with Crippen molar-refractivity contribution in [2.45, 2.75) is 20.0 Å². The Morgan fingerprint density at radius 2 is 2.11 bits per heavy atom. The summed E-state index contributed by atoms with van der Waals surface area (Å²) in [5, 5.41) is 8.90. The Balaban J connectivity index is 3.72. The van der Waals surface area contributed by atoms with Gasteiger partial charge in [-0.05, 0) is 5.92 Å². The number of aliphatic hydroxyl groups excluding tert-OH is 1. The highest BCUT2D eigenvalue weighted by Crippen LogP contribution is 1.98. The third-order valence-corrected chi connectivity index (χ3v) is 1.04. The molecule has 4 heteroatoms. The third-order valence-electron chi connectivity index (χ3n) is 1.04. The third kappa shape index (κ3) is 2.43. The number of aliphatic hydroxyl groups is 1. The Morgan fingerprint density at radius 1 is 1.67 bits per heavy atom. The molecule has 0 radical (unpaired) electrons. The number of nitrogens with one attached hydrogen (secondary N) is 1. The normalized spacial score (nSPS) is 13.4. The highest BCUT2D eigenvalue weighted by atomic mass is 16.3. The second kappa shape index (κ2) is 3.42. The molecule has 9 heavy (non-hydrogen) atoms. The van der Waals surface area contributed by atoms with Gasteiger partial charge in [0.25, 0.3) is 5.91 Å². The van der Waals surface area contributed by atoms with Crippen LogP contribution in [0.15, 0.2) is 0 Å². The Bertz CT molecular complexity index is 103. The molecule has 0 heterocycles. The summed E-state index contributed by atoms with van der Waals surface area (Å²) >= 11 is 0. The molecule has 0 saturated heterocycles. The van der Waals surface area contributed by atoms with Gasteiger partial charge in [0, 0.05) is 0 Å². The molecule has 4 nitrogen and oxygen atoms in total. The van der Waals surface area contributed by atoms with Crippen molar-refractivity contribution < 1.29 is 9.90 Å². The molecular weight excluding hydrogens is 120 g/mol. The van der Waals surface area contributed by atoms with Gasteiger partial charge >= 0.3 is 0 Å². The predicted molar refractivity (Wildman–Crippen MR) is 33.2 cm³/mol. The minimum atomic E-state index is -0.991. The van der Waals surface area contributed by atoms with Crippen molar-refractivity contribution in [2.75, 3.05) is 0 Å². The van der Waals surface area contributed by atoms with Gasteiger partial charge < -0.3 is 5.11 Å². The molecule has 0 fully saturated rings. The van der Waals surface area contributed by atoms with Crippen LogP contribution < -0.4 is 11.3 Å². The summed E-state index contributed by atoms with van der Waals surface area (Å²) in [4.78, 5) is 10.5. The summed E-state index contributed by atoms with van der Waals surface area (Å²) in [5.41, 5.74) is 1.86. The lowest BCUT2D eigenvalue weighted by molar-refractivity contribution is -0.131. The van der Waals surface area contributed by atoms with Gasteiger partial charge in [-0.3, -0.25) is 10.2 Å². The smallest absolute Gasteiger partial charge is 0.262 e. The van der Waals surface area contributed by atoms with Crippen molar-refractivity contribution in [3.63, 3.8) is 0 Å². The molecule has 0 saturated carbocycles. The maximum absolute atomic E-state index is 10.5. The van der Waals surface area contributed by atoms with Crippen LogP contribution in [0.3, 0.4) is 0 Å². The standard InChI is InChI=1S/C5H12N2O2/c1-3(2)4(8)5(9)7-6/h3-4,8H,6H2,1-2H3,(H,7,9). The maximum atomic E-state index is 10.5. The van der Waals surface area contributed by atoms with Gasteiger partial charge in [0.05, 0.1) is 0 Å². The lowest BCUT2D eigenvalue weighted by Gasteiger charge is -2.10. The molecule has 0 aromatic carbocycles. The van der Waals surface area contributed by atoms with Crippen LogP contribution in [0.2, 0.25) is 0 Å². The molecule has 0 spiro atoms. The molecule has 0 aliphatic carbocycles. The van der Waals surface area contributed by atoms with Crippen molar-refractivity contribution >= 4 is 5.91 Å². The lowest BCUT2D eigenvalue weighted by atomic mass is 10.1. The van der Waals surface area contributed by atoms with Gasteiger partial charge in [-0.1, -0.05) is 13.8 Å². The Kier molecular flexibility index (Phi) is 3.19. The zero-order valence-corrected chi connectivity index (χ0v) is 5.59. The lowest BCUT2D eigenvalue weighted by Crippen LogP contribution is -2.41. The fourth-order valence-electron chi connectivity index (χ4n) is 0.388. The van der Waals surface area contributed by atoms with Gasteiger partial charge in [0.1, 0.15) is 6.10 Å². The Morgan fingerprint density at radius 3 is 2.22 bits per heavy atom. The number of carbonyl (C=O) groups excluding carboxylic acids is 1. The van der Waals surface area contributed by atoms with E-state index < -0.39 is 12.0 Å². The monoisotopic (exact) mass is 132 g/mol. The van der Waals surface area contributed by atoms with Gasteiger partial charge in [0.15, 0.2) is 0 Å². The molecule has 0 bridgehead atoms. The number of hydrogen-bond donors (Lipinski definition) is 3. The fourth-order valence-corrected chi connectivity index (χ4v) is 0.388. The number of amides is 1.